The van der Waals surface area contributed by atoms with E-state index < -0.39 is 6.04 Å². The lowest BCUT2D eigenvalue weighted by molar-refractivity contribution is -0.122. The first-order chi connectivity index (χ1) is 12.5. The number of hydrogen-bond donors (Lipinski definition) is 2. The summed E-state index contributed by atoms with van der Waals surface area (Å²) in [6, 6.07) is 14.5. The van der Waals surface area contributed by atoms with Gasteiger partial charge in [-0.3, -0.25) is 14.9 Å². The maximum absolute atomic E-state index is 12.9. The second-order valence-corrected chi connectivity index (χ2v) is 6.87. The summed E-state index contributed by atoms with van der Waals surface area (Å²) in [5.41, 5.74) is 3.27. The van der Waals surface area contributed by atoms with E-state index in [1.165, 1.54) is 0 Å². The SMILES string of the molecule is CC(C)[C@H](C(=O)Nc1nc2ccccc2[nH]1)N1Cc2ccccc2C1=O. The molecule has 6 nitrogen and oxygen atoms in total. The van der Waals surface area contributed by atoms with Crippen LogP contribution in [0.25, 0.3) is 11.0 Å². The number of nitrogens with one attached hydrogen (secondary N) is 2. The number of carbonyl (C=O) groups excluding carboxylic acids is 2. The molecule has 132 valence electrons. The molecule has 4 rings (SSSR count). The number of H-pyrrole nitrogens is 1. The van der Waals surface area contributed by atoms with E-state index in [0.29, 0.717) is 18.1 Å². The van der Waals surface area contributed by atoms with Crippen LogP contribution in [0.2, 0.25) is 0 Å². The molecule has 26 heavy (non-hydrogen) atoms. The van der Waals surface area contributed by atoms with Crippen LogP contribution >= 0.6 is 0 Å². The van der Waals surface area contributed by atoms with Crippen molar-refractivity contribution in [2.75, 3.05) is 5.32 Å². The first kappa shape index (κ1) is 16.3. The van der Waals surface area contributed by atoms with Crippen molar-refractivity contribution >= 4 is 28.8 Å². The van der Waals surface area contributed by atoms with Gasteiger partial charge >= 0.3 is 0 Å². The van der Waals surface area contributed by atoms with E-state index >= 15 is 0 Å². The van der Waals surface area contributed by atoms with Gasteiger partial charge in [-0.15, -0.1) is 0 Å². The number of anilines is 1. The number of amides is 2. The van der Waals surface area contributed by atoms with E-state index in [2.05, 4.69) is 15.3 Å². The van der Waals surface area contributed by atoms with E-state index in [1.54, 1.807) is 4.90 Å². The van der Waals surface area contributed by atoms with Crippen LogP contribution in [0.3, 0.4) is 0 Å². The minimum atomic E-state index is -0.567. The lowest BCUT2D eigenvalue weighted by atomic mass is 10.0. The molecule has 0 aliphatic carbocycles. The number of nitrogens with zero attached hydrogens (tertiary/aromatic N) is 2. The Labute approximate surface area is 151 Å². The number of fused-ring (bicyclic) bond motifs is 2. The van der Waals surface area contributed by atoms with Gasteiger partial charge in [0, 0.05) is 12.1 Å². The predicted octanol–water partition coefficient (Wildman–Crippen LogP) is 3.18. The summed E-state index contributed by atoms with van der Waals surface area (Å²) in [6.07, 6.45) is 0. The second kappa shape index (κ2) is 6.29. The van der Waals surface area contributed by atoms with Crippen LogP contribution in [0, 0.1) is 5.92 Å². The zero-order valence-electron chi connectivity index (χ0n) is 14.7. The lowest BCUT2D eigenvalue weighted by Gasteiger charge is -2.29. The van der Waals surface area contributed by atoms with Gasteiger partial charge in [-0.2, -0.15) is 0 Å². The molecular weight excluding hydrogens is 328 g/mol. The Bertz CT molecular complexity index is 959. The van der Waals surface area contributed by atoms with E-state index in [0.717, 1.165) is 16.6 Å². The highest BCUT2D eigenvalue weighted by Crippen LogP contribution is 2.27. The van der Waals surface area contributed by atoms with Gasteiger partial charge in [-0.05, 0) is 29.7 Å². The molecule has 0 radical (unpaired) electrons. The molecule has 2 aromatic carbocycles. The molecular formula is C20H20N4O2. The van der Waals surface area contributed by atoms with Gasteiger partial charge in [-0.25, -0.2) is 4.98 Å². The zero-order valence-corrected chi connectivity index (χ0v) is 14.7. The summed E-state index contributed by atoms with van der Waals surface area (Å²) in [4.78, 5) is 34.8. The predicted molar refractivity (Wildman–Crippen MR) is 99.7 cm³/mol. The Kier molecular flexibility index (Phi) is 3.95. The number of aromatic nitrogens is 2. The quantitative estimate of drug-likeness (QED) is 0.760. The molecule has 0 saturated heterocycles. The Morgan fingerprint density at radius 2 is 1.88 bits per heavy atom. The first-order valence-corrected chi connectivity index (χ1v) is 8.69. The van der Waals surface area contributed by atoms with Crippen LogP contribution in [0.5, 0.6) is 0 Å². The van der Waals surface area contributed by atoms with Gasteiger partial charge in [0.2, 0.25) is 11.9 Å². The zero-order chi connectivity index (χ0) is 18.3. The highest BCUT2D eigenvalue weighted by molar-refractivity contribution is 6.03. The molecule has 0 spiro atoms. The van der Waals surface area contributed by atoms with Crippen molar-refractivity contribution in [3.8, 4) is 0 Å². The maximum Gasteiger partial charge on any atom is 0.255 e. The largest absolute Gasteiger partial charge is 0.324 e. The van der Waals surface area contributed by atoms with Gasteiger partial charge in [-0.1, -0.05) is 44.2 Å². The van der Waals surface area contributed by atoms with Crippen LogP contribution < -0.4 is 5.32 Å². The molecule has 3 aromatic rings. The summed E-state index contributed by atoms with van der Waals surface area (Å²) >= 11 is 0. The standard InChI is InChI=1S/C20H20N4O2/c1-12(2)17(24-11-13-7-3-4-8-14(13)19(24)26)18(25)23-20-21-15-9-5-6-10-16(15)22-20/h3-10,12,17H,11H2,1-2H3,(H2,21,22,23,25)/t17-/m1/s1. The fraction of sp³-hybridized carbons (Fsp3) is 0.250. The number of rotatable bonds is 4. The number of imidazole rings is 1. The number of benzene rings is 2. The maximum atomic E-state index is 12.9. The van der Waals surface area contributed by atoms with Crippen LogP contribution in [0.1, 0.15) is 29.8 Å². The summed E-state index contributed by atoms with van der Waals surface area (Å²) in [5.74, 6) is 0.0305. The van der Waals surface area contributed by atoms with E-state index in [1.807, 2.05) is 62.4 Å². The van der Waals surface area contributed by atoms with Gasteiger partial charge in [0.15, 0.2) is 0 Å². The summed E-state index contributed by atoms with van der Waals surface area (Å²) in [6.45, 7) is 4.34. The summed E-state index contributed by atoms with van der Waals surface area (Å²) in [5, 5.41) is 2.84. The number of para-hydroxylation sites is 2. The van der Waals surface area contributed by atoms with Gasteiger partial charge < -0.3 is 9.88 Å². The molecule has 2 amide bonds. The van der Waals surface area contributed by atoms with Crippen LogP contribution in [-0.2, 0) is 11.3 Å². The topological polar surface area (TPSA) is 78.1 Å². The van der Waals surface area contributed by atoms with Crippen molar-refractivity contribution in [1.82, 2.24) is 14.9 Å². The van der Waals surface area contributed by atoms with E-state index in [4.69, 9.17) is 0 Å². The van der Waals surface area contributed by atoms with Crippen molar-refractivity contribution in [2.45, 2.75) is 26.4 Å². The fourth-order valence-corrected chi connectivity index (χ4v) is 3.51. The van der Waals surface area contributed by atoms with Crippen molar-refractivity contribution in [3.05, 3.63) is 59.7 Å². The Morgan fingerprint density at radius 1 is 1.15 bits per heavy atom. The minimum Gasteiger partial charge on any atom is -0.324 e. The van der Waals surface area contributed by atoms with Gasteiger partial charge in [0.05, 0.1) is 11.0 Å². The molecule has 0 saturated carbocycles. The number of aromatic amines is 1. The van der Waals surface area contributed by atoms with E-state index in [9.17, 15) is 9.59 Å². The van der Waals surface area contributed by atoms with Crippen LogP contribution in [0.4, 0.5) is 5.95 Å². The molecule has 2 heterocycles. The molecule has 2 N–H and O–H groups in total. The third-order valence-corrected chi connectivity index (χ3v) is 4.72. The fourth-order valence-electron chi connectivity index (χ4n) is 3.51. The molecule has 1 atom stereocenters. The normalized spacial score (nSPS) is 14.7. The molecule has 1 aliphatic heterocycles. The van der Waals surface area contributed by atoms with Crippen molar-refractivity contribution < 1.29 is 9.59 Å². The van der Waals surface area contributed by atoms with Gasteiger partial charge in [0.1, 0.15) is 6.04 Å². The van der Waals surface area contributed by atoms with E-state index in [-0.39, 0.29) is 17.7 Å². The average Bonchev–Trinajstić information content (AvgIpc) is 3.16. The molecule has 1 aliphatic rings. The Balaban J connectivity index is 1.59. The first-order valence-electron chi connectivity index (χ1n) is 8.69. The third-order valence-electron chi connectivity index (χ3n) is 4.72. The highest BCUT2D eigenvalue weighted by atomic mass is 16.2. The molecule has 6 heteroatoms. The Hall–Kier alpha value is -3.15. The number of hydrogen-bond acceptors (Lipinski definition) is 3. The number of carbonyl (C=O) groups is 2. The minimum absolute atomic E-state index is 0.0300. The summed E-state index contributed by atoms with van der Waals surface area (Å²) < 4.78 is 0. The van der Waals surface area contributed by atoms with Crippen molar-refractivity contribution in [1.29, 1.82) is 0 Å². The second-order valence-electron chi connectivity index (χ2n) is 6.87. The van der Waals surface area contributed by atoms with Crippen molar-refractivity contribution in [3.63, 3.8) is 0 Å². The van der Waals surface area contributed by atoms with Crippen molar-refractivity contribution in [2.24, 2.45) is 5.92 Å². The van der Waals surface area contributed by atoms with Crippen LogP contribution in [-0.4, -0.2) is 32.7 Å². The molecule has 1 aromatic heterocycles. The molecule has 0 unspecified atom stereocenters. The van der Waals surface area contributed by atoms with Crippen LogP contribution in [0.15, 0.2) is 48.5 Å². The van der Waals surface area contributed by atoms with Gasteiger partial charge in [0.25, 0.3) is 5.91 Å². The average molecular weight is 348 g/mol. The smallest absolute Gasteiger partial charge is 0.255 e. The highest BCUT2D eigenvalue weighted by Gasteiger charge is 2.38. The summed E-state index contributed by atoms with van der Waals surface area (Å²) in [7, 11) is 0. The third kappa shape index (κ3) is 2.73. The molecule has 0 fully saturated rings. The molecule has 0 bridgehead atoms. The monoisotopic (exact) mass is 348 g/mol. The lowest BCUT2D eigenvalue weighted by Crippen LogP contribution is -2.47. The Morgan fingerprint density at radius 3 is 2.62 bits per heavy atom.